The lowest BCUT2D eigenvalue weighted by Gasteiger charge is -2.32. The van der Waals surface area contributed by atoms with Crippen molar-refractivity contribution in [3.63, 3.8) is 0 Å². The lowest BCUT2D eigenvalue weighted by Crippen LogP contribution is -2.40. The van der Waals surface area contributed by atoms with Gasteiger partial charge in [0, 0.05) is 31.2 Å². The van der Waals surface area contributed by atoms with Crippen LogP contribution in [-0.2, 0) is 19.1 Å². The first-order valence-electron chi connectivity index (χ1n) is 28.7. The summed E-state index contributed by atoms with van der Waals surface area (Å²) >= 11 is 1.56. The SMILES string of the molecule is CCCCCCSC(=O)N(CCCN(C)C)C(CCCCCCCCC(=O)OC(CCCCCC)CCCCCC)CCCCCCCCC(=O)OC(CCCCCC)CCCCCC. The van der Waals surface area contributed by atoms with Crippen molar-refractivity contribution >= 4 is 28.9 Å². The summed E-state index contributed by atoms with van der Waals surface area (Å²) in [6.45, 7) is 13.1. The number of carbonyl (C=O) groups excluding carboxylic acids is 3. The molecule has 0 spiro atoms. The van der Waals surface area contributed by atoms with E-state index in [0.717, 1.165) is 122 Å². The monoisotopic (exact) mass is 937 g/mol. The quantitative estimate of drug-likeness (QED) is 0.0444. The zero-order chi connectivity index (χ0) is 47.9. The van der Waals surface area contributed by atoms with Crippen molar-refractivity contribution in [2.24, 2.45) is 0 Å². The van der Waals surface area contributed by atoms with E-state index in [1.165, 1.54) is 148 Å². The Balaban J connectivity index is 5.04. The summed E-state index contributed by atoms with van der Waals surface area (Å²) in [5.74, 6) is 0.945. The summed E-state index contributed by atoms with van der Waals surface area (Å²) in [6, 6.07) is 0.297. The van der Waals surface area contributed by atoms with Crippen LogP contribution in [0.2, 0.25) is 0 Å². The summed E-state index contributed by atoms with van der Waals surface area (Å²) in [5.41, 5.74) is 0. The second kappa shape index (κ2) is 49.2. The first kappa shape index (κ1) is 63.7. The van der Waals surface area contributed by atoms with E-state index < -0.39 is 0 Å². The molecule has 0 bridgehead atoms. The third-order valence-electron chi connectivity index (χ3n) is 13.4. The second-order valence-electron chi connectivity index (χ2n) is 20.1. The minimum Gasteiger partial charge on any atom is -0.462 e. The Morgan fingerprint density at radius 1 is 0.385 bits per heavy atom. The number of ether oxygens (including phenoxy) is 2. The highest BCUT2D eigenvalue weighted by molar-refractivity contribution is 8.13. The van der Waals surface area contributed by atoms with Gasteiger partial charge in [-0.3, -0.25) is 14.4 Å². The largest absolute Gasteiger partial charge is 0.462 e. The van der Waals surface area contributed by atoms with Crippen molar-refractivity contribution in [1.29, 1.82) is 0 Å². The normalized spacial score (nSPS) is 11.7. The molecule has 0 aromatic carbocycles. The second-order valence-corrected chi connectivity index (χ2v) is 21.2. The minimum atomic E-state index is 0.0103. The minimum absolute atomic E-state index is 0.0103. The molecule has 0 saturated carbocycles. The molecule has 1 amide bonds. The van der Waals surface area contributed by atoms with Crippen LogP contribution in [0.15, 0.2) is 0 Å². The molecule has 0 aliphatic heterocycles. The number of nitrogens with zero attached hydrogens (tertiary/aromatic N) is 2. The van der Waals surface area contributed by atoms with Crippen molar-refractivity contribution in [2.45, 2.75) is 316 Å². The number of carbonyl (C=O) groups is 3. The van der Waals surface area contributed by atoms with Gasteiger partial charge in [-0.2, -0.15) is 0 Å². The van der Waals surface area contributed by atoms with E-state index in [9.17, 15) is 14.4 Å². The standard InChI is InChI=1S/C57H112N2O5S/c1-8-13-18-33-43-53(44-34-19-14-9-2)63-55(60)47-37-29-25-23-27-31-41-52(59(50-40-49-58(6)7)57(62)65-51-39-22-17-12-5)42-32-28-24-26-30-38-48-56(61)64-54(45-35-20-15-10-3)46-36-21-16-11-4/h52-54H,8-51H2,1-7H3. The van der Waals surface area contributed by atoms with Crippen molar-refractivity contribution in [3.8, 4) is 0 Å². The molecule has 65 heavy (non-hydrogen) atoms. The molecule has 0 aliphatic carbocycles. The van der Waals surface area contributed by atoms with E-state index in [1.54, 1.807) is 11.8 Å². The summed E-state index contributed by atoms with van der Waals surface area (Å²) in [5, 5.41) is 0.289. The van der Waals surface area contributed by atoms with Crippen LogP contribution in [0.3, 0.4) is 0 Å². The average molecular weight is 938 g/mol. The fourth-order valence-electron chi connectivity index (χ4n) is 9.13. The number of thioether (sulfide) groups is 1. The molecular formula is C57H112N2O5S. The predicted molar refractivity (Wildman–Crippen MR) is 284 cm³/mol. The van der Waals surface area contributed by atoms with Crippen LogP contribution < -0.4 is 0 Å². The molecule has 0 N–H and O–H groups in total. The maximum absolute atomic E-state index is 13.9. The van der Waals surface area contributed by atoms with Crippen LogP contribution in [0.1, 0.15) is 298 Å². The van der Waals surface area contributed by atoms with Crippen molar-refractivity contribution in [3.05, 3.63) is 0 Å². The molecule has 0 heterocycles. The average Bonchev–Trinajstić information content (AvgIpc) is 3.28. The van der Waals surface area contributed by atoms with Gasteiger partial charge in [0.25, 0.3) is 5.24 Å². The molecule has 7 nitrogen and oxygen atoms in total. The van der Waals surface area contributed by atoms with E-state index in [0.29, 0.717) is 18.9 Å². The lowest BCUT2D eigenvalue weighted by molar-refractivity contribution is -0.151. The van der Waals surface area contributed by atoms with Crippen molar-refractivity contribution < 1.29 is 23.9 Å². The lowest BCUT2D eigenvalue weighted by atomic mass is 9.98. The smallest absolute Gasteiger partial charge is 0.306 e. The molecular weight excluding hydrogens is 825 g/mol. The van der Waals surface area contributed by atoms with E-state index in [1.807, 2.05) is 0 Å². The summed E-state index contributed by atoms with van der Waals surface area (Å²) in [6.07, 6.45) is 46.4. The number of unbranched alkanes of at least 4 members (excludes halogenated alkanes) is 25. The first-order chi connectivity index (χ1) is 31.7. The fraction of sp³-hybridized carbons (Fsp3) is 0.947. The zero-order valence-corrected chi connectivity index (χ0v) is 45.5. The molecule has 0 rings (SSSR count). The maximum atomic E-state index is 13.9. The van der Waals surface area contributed by atoms with Crippen molar-refractivity contribution in [2.75, 3.05) is 32.9 Å². The molecule has 0 fully saturated rings. The van der Waals surface area contributed by atoms with E-state index in [4.69, 9.17) is 9.47 Å². The Morgan fingerprint density at radius 3 is 1.08 bits per heavy atom. The number of amides is 1. The van der Waals surface area contributed by atoms with Gasteiger partial charge in [0.1, 0.15) is 12.2 Å². The highest BCUT2D eigenvalue weighted by atomic mass is 32.2. The molecule has 0 aromatic rings. The fourth-order valence-corrected chi connectivity index (χ4v) is 10.1. The summed E-state index contributed by atoms with van der Waals surface area (Å²) in [7, 11) is 4.25. The molecule has 0 atom stereocenters. The first-order valence-corrected chi connectivity index (χ1v) is 29.7. The Morgan fingerprint density at radius 2 is 0.708 bits per heavy atom. The highest BCUT2D eigenvalue weighted by Crippen LogP contribution is 2.25. The van der Waals surface area contributed by atoms with Gasteiger partial charge in [0.15, 0.2) is 0 Å². The molecule has 0 saturated heterocycles. The van der Waals surface area contributed by atoms with Crippen LogP contribution in [0.5, 0.6) is 0 Å². The molecule has 0 aliphatic rings. The van der Waals surface area contributed by atoms with E-state index >= 15 is 0 Å². The molecule has 0 radical (unpaired) electrons. The van der Waals surface area contributed by atoms with Gasteiger partial charge in [-0.25, -0.2) is 0 Å². The third-order valence-corrected chi connectivity index (χ3v) is 14.3. The number of rotatable bonds is 50. The van der Waals surface area contributed by atoms with Crippen LogP contribution >= 0.6 is 11.8 Å². The van der Waals surface area contributed by atoms with Gasteiger partial charge in [-0.1, -0.05) is 207 Å². The molecule has 8 heteroatoms. The third kappa shape index (κ3) is 42.5. The Labute approximate surface area is 410 Å². The van der Waals surface area contributed by atoms with Gasteiger partial charge in [-0.15, -0.1) is 0 Å². The van der Waals surface area contributed by atoms with Gasteiger partial charge in [0.05, 0.1) is 0 Å². The Kier molecular flexibility index (Phi) is 48.2. The Bertz CT molecular complexity index is 961. The topological polar surface area (TPSA) is 76.2 Å². The number of esters is 2. The van der Waals surface area contributed by atoms with Crippen molar-refractivity contribution in [1.82, 2.24) is 9.80 Å². The van der Waals surface area contributed by atoms with Gasteiger partial charge in [-0.05, 0) is 111 Å². The van der Waals surface area contributed by atoms with Crippen LogP contribution in [-0.4, -0.2) is 78.2 Å². The summed E-state index contributed by atoms with van der Waals surface area (Å²) in [4.78, 5) is 44.0. The van der Waals surface area contributed by atoms with Gasteiger partial charge >= 0.3 is 11.9 Å². The van der Waals surface area contributed by atoms with E-state index in [2.05, 4.69) is 58.5 Å². The maximum Gasteiger partial charge on any atom is 0.306 e. The van der Waals surface area contributed by atoms with Crippen LogP contribution in [0.25, 0.3) is 0 Å². The van der Waals surface area contributed by atoms with Crippen LogP contribution in [0, 0.1) is 0 Å². The molecule has 0 aromatic heterocycles. The molecule has 386 valence electrons. The van der Waals surface area contributed by atoms with Gasteiger partial charge in [0.2, 0.25) is 0 Å². The summed E-state index contributed by atoms with van der Waals surface area (Å²) < 4.78 is 12.1. The predicted octanol–water partition coefficient (Wildman–Crippen LogP) is 18.0. The van der Waals surface area contributed by atoms with E-state index in [-0.39, 0.29) is 29.4 Å². The Hall–Kier alpha value is -1.28. The number of hydrogen-bond acceptors (Lipinski definition) is 7. The van der Waals surface area contributed by atoms with Crippen LogP contribution in [0.4, 0.5) is 4.79 Å². The molecule has 0 unspecified atom stereocenters. The highest BCUT2D eigenvalue weighted by Gasteiger charge is 2.24. The number of hydrogen-bond donors (Lipinski definition) is 0. The van der Waals surface area contributed by atoms with Gasteiger partial charge < -0.3 is 19.3 Å². The zero-order valence-electron chi connectivity index (χ0n) is 44.7.